The second-order valence-corrected chi connectivity index (χ2v) is 9.16. The number of hydrogen-bond acceptors (Lipinski definition) is 3. The topological polar surface area (TPSA) is 63.2 Å². The van der Waals surface area contributed by atoms with Crippen molar-refractivity contribution in [1.82, 2.24) is 5.32 Å². The van der Waals surface area contributed by atoms with Gasteiger partial charge in [-0.25, -0.2) is 8.42 Å². The summed E-state index contributed by atoms with van der Waals surface area (Å²) in [4.78, 5) is 12.6. The van der Waals surface area contributed by atoms with E-state index in [1.54, 1.807) is 19.1 Å². The predicted molar refractivity (Wildman–Crippen MR) is 98.4 cm³/mol. The molecule has 0 heterocycles. The van der Waals surface area contributed by atoms with Gasteiger partial charge >= 0.3 is 6.18 Å². The van der Waals surface area contributed by atoms with Crippen LogP contribution in [0.2, 0.25) is 0 Å². The number of hydrogen-bond donors (Lipinski definition) is 1. The highest BCUT2D eigenvalue weighted by Gasteiger charge is 2.44. The maximum absolute atomic E-state index is 12.6. The lowest BCUT2D eigenvalue weighted by molar-refractivity contribution is -0.137. The van der Waals surface area contributed by atoms with Crippen LogP contribution in [0.4, 0.5) is 13.2 Å². The molecule has 0 saturated heterocycles. The number of nitrogens with one attached hydrogen (secondary N) is 1. The number of carbonyl (C=O) groups is 1. The van der Waals surface area contributed by atoms with Crippen molar-refractivity contribution in [2.45, 2.75) is 36.4 Å². The Morgan fingerprint density at radius 3 is 2.14 bits per heavy atom. The third kappa shape index (κ3) is 4.55. The Bertz CT molecular complexity index is 967. The van der Waals surface area contributed by atoms with Crippen LogP contribution in [0.15, 0.2) is 53.4 Å². The number of benzene rings is 2. The summed E-state index contributed by atoms with van der Waals surface area (Å²) in [7, 11) is -3.28. The third-order valence-electron chi connectivity index (χ3n) is 4.96. The van der Waals surface area contributed by atoms with Crippen molar-refractivity contribution in [3.8, 4) is 0 Å². The number of carbonyl (C=O) groups excluding carboxylic acids is 1. The van der Waals surface area contributed by atoms with E-state index in [2.05, 4.69) is 5.32 Å². The molecular formula is C20H20F3NO3S. The minimum Gasteiger partial charge on any atom is -0.349 e. The predicted octanol–water partition coefficient (Wildman–Crippen LogP) is 4.09. The lowest BCUT2D eigenvalue weighted by Gasteiger charge is -2.15. The van der Waals surface area contributed by atoms with E-state index < -0.39 is 21.6 Å². The van der Waals surface area contributed by atoms with E-state index in [4.69, 9.17) is 0 Å². The summed E-state index contributed by atoms with van der Waals surface area (Å²) in [5.41, 5.74) is 0.787. The zero-order valence-corrected chi connectivity index (χ0v) is 16.1. The molecule has 2 aromatic rings. The van der Waals surface area contributed by atoms with Crippen LogP contribution in [0.1, 0.15) is 42.0 Å². The molecular weight excluding hydrogens is 391 g/mol. The van der Waals surface area contributed by atoms with E-state index in [1.165, 1.54) is 24.3 Å². The van der Waals surface area contributed by atoms with Crippen LogP contribution in [0.25, 0.3) is 0 Å². The molecule has 1 fully saturated rings. The standard InChI is InChI=1S/C20H20F3NO3S/c1-12(13-5-9-16(10-6-13)28(2,26)27)24-19(25)18-11-17(18)14-3-7-15(8-4-14)20(21,22)23/h3-10,12,17-18H,11H2,1-2H3,(H,24,25)/t12-,17-,18-/m0/s1. The quantitative estimate of drug-likeness (QED) is 0.806. The largest absolute Gasteiger partial charge is 0.416 e. The van der Waals surface area contributed by atoms with Crippen molar-refractivity contribution in [3.05, 3.63) is 65.2 Å². The Hall–Kier alpha value is -2.35. The van der Waals surface area contributed by atoms with Gasteiger partial charge in [-0.2, -0.15) is 13.2 Å². The molecule has 150 valence electrons. The molecule has 8 heteroatoms. The Morgan fingerprint density at radius 2 is 1.64 bits per heavy atom. The smallest absolute Gasteiger partial charge is 0.349 e. The van der Waals surface area contributed by atoms with Gasteiger partial charge in [0, 0.05) is 12.2 Å². The normalized spacial score (nSPS) is 20.5. The highest BCUT2D eigenvalue weighted by molar-refractivity contribution is 7.90. The molecule has 3 rings (SSSR count). The zero-order chi connectivity index (χ0) is 20.7. The molecule has 0 spiro atoms. The number of halogens is 3. The lowest BCUT2D eigenvalue weighted by Crippen LogP contribution is -2.28. The SMILES string of the molecule is C[C@H](NC(=O)[C@H]1C[C@H]1c1ccc(C(F)(F)F)cc1)c1ccc(S(C)(=O)=O)cc1. The van der Waals surface area contributed by atoms with Crippen LogP contribution >= 0.6 is 0 Å². The molecule has 4 nitrogen and oxygen atoms in total. The second kappa shape index (κ2) is 7.24. The first-order valence-corrected chi connectivity index (χ1v) is 10.6. The van der Waals surface area contributed by atoms with E-state index in [-0.39, 0.29) is 28.7 Å². The molecule has 0 aliphatic heterocycles. The van der Waals surface area contributed by atoms with E-state index in [1.807, 2.05) is 0 Å². The molecule has 0 unspecified atom stereocenters. The summed E-state index contributed by atoms with van der Waals surface area (Å²) >= 11 is 0. The average molecular weight is 411 g/mol. The van der Waals surface area contributed by atoms with Crippen LogP contribution in [0.5, 0.6) is 0 Å². The van der Waals surface area contributed by atoms with Crippen LogP contribution in [0.3, 0.4) is 0 Å². The van der Waals surface area contributed by atoms with E-state index in [0.29, 0.717) is 6.42 Å². The summed E-state index contributed by atoms with van der Waals surface area (Å²) in [6, 6.07) is 10.9. The van der Waals surface area contributed by atoms with Gasteiger partial charge in [-0.1, -0.05) is 24.3 Å². The van der Waals surface area contributed by atoms with Crippen molar-refractivity contribution in [3.63, 3.8) is 0 Å². The summed E-state index contributed by atoms with van der Waals surface area (Å²) in [5.74, 6) is -0.513. The Morgan fingerprint density at radius 1 is 1.07 bits per heavy atom. The van der Waals surface area contributed by atoms with Gasteiger partial charge < -0.3 is 5.32 Å². The average Bonchev–Trinajstić information content (AvgIpc) is 3.41. The van der Waals surface area contributed by atoms with Gasteiger partial charge in [0.2, 0.25) is 5.91 Å². The highest BCUT2D eigenvalue weighted by Crippen LogP contribution is 2.48. The number of sulfone groups is 1. The van der Waals surface area contributed by atoms with E-state index in [0.717, 1.165) is 29.5 Å². The molecule has 0 bridgehead atoms. The van der Waals surface area contributed by atoms with E-state index >= 15 is 0 Å². The molecule has 1 amide bonds. The monoisotopic (exact) mass is 411 g/mol. The number of amides is 1. The van der Waals surface area contributed by atoms with Gasteiger partial charge in [-0.05, 0) is 54.7 Å². The first-order chi connectivity index (χ1) is 13.0. The van der Waals surface area contributed by atoms with Gasteiger partial charge in [0.05, 0.1) is 16.5 Å². The fourth-order valence-electron chi connectivity index (χ4n) is 3.18. The maximum atomic E-state index is 12.6. The fourth-order valence-corrected chi connectivity index (χ4v) is 3.81. The molecule has 0 radical (unpaired) electrons. The summed E-state index contributed by atoms with van der Waals surface area (Å²) in [5, 5.41) is 2.88. The van der Waals surface area contributed by atoms with Gasteiger partial charge in [-0.3, -0.25) is 4.79 Å². The van der Waals surface area contributed by atoms with Crippen molar-refractivity contribution >= 4 is 15.7 Å². The first-order valence-electron chi connectivity index (χ1n) is 8.74. The molecule has 2 aromatic carbocycles. The molecule has 3 atom stereocenters. The maximum Gasteiger partial charge on any atom is 0.416 e. The van der Waals surface area contributed by atoms with Crippen LogP contribution < -0.4 is 5.32 Å². The second-order valence-electron chi connectivity index (χ2n) is 7.14. The number of alkyl halides is 3. The number of rotatable bonds is 5. The summed E-state index contributed by atoms with van der Waals surface area (Å²) < 4.78 is 60.9. The Kier molecular flexibility index (Phi) is 5.27. The van der Waals surface area contributed by atoms with Crippen molar-refractivity contribution in [2.24, 2.45) is 5.92 Å². The minimum absolute atomic E-state index is 0.0814. The highest BCUT2D eigenvalue weighted by atomic mass is 32.2. The van der Waals surface area contributed by atoms with Crippen molar-refractivity contribution in [2.75, 3.05) is 6.26 Å². The zero-order valence-electron chi connectivity index (χ0n) is 15.3. The van der Waals surface area contributed by atoms with Crippen LogP contribution in [-0.4, -0.2) is 20.6 Å². The minimum atomic E-state index is -4.37. The molecule has 28 heavy (non-hydrogen) atoms. The Balaban J connectivity index is 1.60. The summed E-state index contributed by atoms with van der Waals surface area (Å²) in [6.07, 6.45) is -2.65. The molecule has 1 N–H and O–H groups in total. The molecule has 1 saturated carbocycles. The van der Waals surface area contributed by atoms with Gasteiger partial charge in [0.1, 0.15) is 0 Å². The molecule has 0 aromatic heterocycles. The summed E-state index contributed by atoms with van der Waals surface area (Å²) in [6.45, 7) is 1.79. The van der Waals surface area contributed by atoms with Gasteiger partial charge in [0.25, 0.3) is 0 Å². The fraction of sp³-hybridized carbons (Fsp3) is 0.350. The van der Waals surface area contributed by atoms with Crippen LogP contribution in [-0.2, 0) is 20.8 Å². The molecule has 1 aliphatic rings. The third-order valence-corrected chi connectivity index (χ3v) is 6.09. The van der Waals surface area contributed by atoms with Gasteiger partial charge in [0.15, 0.2) is 9.84 Å². The van der Waals surface area contributed by atoms with E-state index in [9.17, 15) is 26.4 Å². The van der Waals surface area contributed by atoms with Crippen molar-refractivity contribution in [1.29, 1.82) is 0 Å². The van der Waals surface area contributed by atoms with Crippen LogP contribution in [0, 0.1) is 5.92 Å². The van der Waals surface area contributed by atoms with Gasteiger partial charge in [-0.15, -0.1) is 0 Å². The lowest BCUT2D eigenvalue weighted by atomic mass is 10.1. The molecule has 1 aliphatic carbocycles. The Labute approximate surface area is 161 Å². The van der Waals surface area contributed by atoms with Crippen molar-refractivity contribution < 1.29 is 26.4 Å². The first kappa shape index (κ1) is 20.4.